The molecule has 0 aliphatic carbocycles. The number of ether oxygens (including phenoxy) is 1. The van der Waals surface area contributed by atoms with E-state index in [1.54, 1.807) is 17.1 Å². The number of pyridine rings is 1. The zero-order valence-electron chi connectivity index (χ0n) is 11.5. The first-order chi connectivity index (χ1) is 10.3. The molecule has 1 unspecified atom stereocenters. The zero-order chi connectivity index (χ0) is 14.5. The van der Waals surface area contributed by atoms with Gasteiger partial charge in [-0.15, -0.1) is 0 Å². The third-order valence-corrected chi connectivity index (χ3v) is 3.25. The van der Waals surface area contributed by atoms with Crippen LogP contribution in [0, 0.1) is 0 Å². The Morgan fingerprint density at radius 2 is 2.48 bits per heavy atom. The summed E-state index contributed by atoms with van der Waals surface area (Å²) in [6.07, 6.45) is 5.24. The number of carbonyl (C=O) groups excluding carboxylic acids is 1. The number of amides is 1. The van der Waals surface area contributed by atoms with Crippen LogP contribution in [0.4, 0.5) is 0 Å². The molecule has 7 nitrogen and oxygen atoms in total. The van der Waals surface area contributed by atoms with Crippen LogP contribution < -0.4 is 10.6 Å². The molecule has 110 valence electrons. The number of aromatic nitrogens is 3. The number of morpholine rings is 1. The molecule has 1 atom stereocenters. The quantitative estimate of drug-likeness (QED) is 0.819. The summed E-state index contributed by atoms with van der Waals surface area (Å²) < 4.78 is 6.96. The van der Waals surface area contributed by atoms with Gasteiger partial charge in [0, 0.05) is 31.7 Å². The molecule has 1 saturated heterocycles. The third-order valence-electron chi connectivity index (χ3n) is 3.25. The van der Waals surface area contributed by atoms with Gasteiger partial charge in [-0.3, -0.25) is 4.79 Å². The van der Waals surface area contributed by atoms with Crippen LogP contribution in [0.1, 0.15) is 5.56 Å². The van der Waals surface area contributed by atoms with Gasteiger partial charge in [-0.2, -0.15) is 5.10 Å². The summed E-state index contributed by atoms with van der Waals surface area (Å²) in [7, 11) is 0. The largest absolute Gasteiger partial charge is 0.378 e. The van der Waals surface area contributed by atoms with Gasteiger partial charge in [0.15, 0.2) is 5.82 Å². The van der Waals surface area contributed by atoms with Crippen molar-refractivity contribution in [1.82, 2.24) is 25.4 Å². The molecule has 1 aliphatic heterocycles. The van der Waals surface area contributed by atoms with Gasteiger partial charge in [-0.05, 0) is 23.8 Å². The maximum absolute atomic E-state index is 12.0. The van der Waals surface area contributed by atoms with Crippen molar-refractivity contribution in [3.8, 4) is 5.82 Å². The van der Waals surface area contributed by atoms with Gasteiger partial charge in [-0.25, -0.2) is 9.67 Å². The van der Waals surface area contributed by atoms with E-state index in [-0.39, 0.29) is 11.9 Å². The summed E-state index contributed by atoms with van der Waals surface area (Å²) in [6, 6.07) is 5.34. The first-order valence-electron chi connectivity index (χ1n) is 6.87. The monoisotopic (exact) mass is 287 g/mol. The summed E-state index contributed by atoms with van der Waals surface area (Å²) in [4.78, 5) is 16.3. The lowest BCUT2D eigenvalue weighted by Gasteiger charge is -2.22. The highest BCUT2D eigenvalue weighted by Crippen LogP contribution is 2.06. The van der Waals surface area contributed by atoms with Crippen molar-refractivity contribution in [2.75, 3.05) is 19.8 Å². The molecular formula is C14H17N5O2. The van der Waals surface area contributed by atoms with Gasteiger partial charge in [0.05, 0.1) is 13.2 Å². The molecule has 2 aromatic rings. The second-order valence-electron chi connectivity index (χ2n) is 4.77. The van der Waals surface area contributed by atoms with Crippen LogP contribution in [0.25, 0.3) is 5.82 Å². The molecule has 1 amide bonds. The molecule has 1 aliphatic rings. The van der Waals surface area contributed by atoms with Crippen LogP contribution in [0.2, 0.25) is 0 Å². The number of rotatable bonds is 4. The van der Waals surface area contributed by atoms with Gasteiger partial charge in [0.25, 0.3) is 0 Å². The van der Waals surface area contributed by atoms with Crippen LogP contribution in [-0.2, 0) is 16.1 Å². The molecule has 2 N–H and O–H groups in total. The SMILES string of the molecule is O=C(NCc1ccnc(-n2cccn2)c1)C1COCCN1. The first-order valence-corrected chi connectivity index (χ1v) is 6.87. The number of carbonyl (C=O) groups is 1. The molecule has 0 bridgehead atoms. The highest BCUT2D eigenvalue weighted by atomic mass is 16.5. The predicted octanol–water partition coefficient (Wildman–Crippen LogP) is -0.128. The van der Waals surface area contributed by atoms with E-state index >= 15 is 0 Å². The van der Waals surface area contributed by atoms with Crippen molar-refractivity contribution in [3.63, 3.8) is 0 Å². The fourth-order valence-electron chi connectivity index (χ4n) is 2.15. The Balaban J connectivity index is 1.60. The minimum absolute atomic E-state index is 0.0489. The van der Waals surface area contributed by atoms with Gasteiger partial charge in [0.2, 0.25) is 5.91 Å². The van der Waals surface area contributed by atoms with Crippen LogP contribution in [0.3, 0.4) is 0 Å². The lowest BCUT2D eigenvalue weighted by Crippen LogP contribution is -2.51. The van der Waals surface area contributed by atoms with Gasteiger partial charge < -0.3 is 15.4 Å². The predicted molar refractivity (Wildman–Crippen MR) is 75.8 cm³/mol. The van der Waals surface area contributed by atoms with Crippen molar-refractivity contribution >= 4 is 5.91 Å². The number of nitrogens with zero attached hydrogens (tertiary/aromatic N) is 3. The lowest BCUT2D eigenvalue weighted by molar-refractivity contribution is -0.126. The molecule has 3 rings (SSSR count). The van der Waals surface area contributed by atoms with Crippen molar-refractivity contribution in [3.05, 3.63) is 42.4 Å². The van der Waals surface area contributed by atoms with E-state index in [1.165, 1.54) is 0 Å². The molecule has 0 aromatic carbocycles. The maximum Gasteiger partial charge on any atom is 0.239 e. The fourth-order valence-corrected chi connectivity index (χ4v) is 2.15. The van der Waals surface area contributed by atoms with E-state index in [1.807, 2.05) is 24.4 Å². The van der Waals surface area contributed by atoms with Crippen molar-refractivity contribution < 1.29 is 9.53 Å². The molecule has 21 heavy (non-hydrogen) atoms. The van der Waals surface area contributed by atoms with Crippen molar-refractivity contribution in [2.45, 2.75) is 12.6 Å². The second-order valence-corrected chi connectivity index (χ2v) is 4.77. The van der Waals surface area contributed by atoms with Crippen LogP contribution >= 0.6 is 0 Å². The average molecular weight is 287 g/mol. The minimum Gasteiger partial charge on any atom is -0.378 e. The highest BCUT2D eigenvalue weighted by molar-refractivity contribution is 5.81. The Morgan fingerprint density at radius 1 is 1.52 bits per heavy atom. The fraction of sp³-hybridized carbons (Fsp3) is 0.357. The Morgan fingerprint density at radius 3 is 3.24 bits per heavy atom. The summed E-state index contributed by atoms with van der Waals surface area (Å²) in [5.41, 5.74) is 0.973. The van der Waals surface area contributed by atoms with Crippen molar-refractivity contribution in [2.24, 2.45) is 0 Å². The minimum atomic E-state index is -0.272. The van der Waals surface area contributed by atoms with E-state index in [0.717, 1.165) is 11.4 Å². The van der Waals surface area contributed by atoms with Crippen LogP contribution in [0.15, 0.2) is 36.8 Å². The molecule has 0 saturated carbocycles. The summed E-state index contributed by atoms with van der Waals surface area (Å²) >= 11 is 0. The number of hydrogen-bond donors (Lipinski definition) is 2. The molecule has 1 fully saturated rings. The Hall–Kier alpha value is -2.25. The Labute approximate surface area is 122 Å². The van der Waals surface area contributed by atoms with Crippen LogP contribution in [0.5, 0.6) is 0 Å². The Bertz CT molecular complexity index is 593. The molecule has 0 radical (unpaired) electrons. The van der Waals surface area contributed by atoms with Gasteiger partial charge in [0.1, 0.15) is 6.04 Å². The van der Waals surface area contributed by atoms with Gasteiger partial charge in [-0.1, -0.05) is 0 Å². The van der Waals surface area contributed by atoms with Crippen LogP contribution in [-0.4, -0.2) is 46.5 Å². The number of hydrogen-bond acceptors (Lipinski definition) is 5. The molecule has 2 aromatic heterocycles. The van der Waals surface area contributed by atoms with E-state index < -0.39 is 0 Å². The van der Waals surface area contributed by atoms with Gasteiger partial charge >= 0.3 is 0 Å². The van der Waals surface area contributed by atoms with E-state index in [4.69, 9.17) is 4.74 Å². The maximum atomic E-state index is 12.0. The van der Waals surface area contributed by atoms with E-state index in [2.05, 4.69) is 20.7 Å². The average Bonchev–Trinajstić information content (AvgIpc) is 3.08. The normalized spacial score (nSPS) is 18.4. The highest BCUT2D eigenvalue weighted by Gasteiger charge is 2.20. The Kier molecular flexibility index (Phi) is 4.23. The topological polar surface area (TPSA) is 81.1 Å². The van der Waals surface area contributed by atoms with Crippen molar-refractivity contribution in [1.29, 1.82) is 0 Å². The zero-order valence-corrected chi connectivity index (χ0v) is 11.5. The molecule has 0 spiro atoms. The molecule has 7 heteroatoms. The standard InChI is InChI=1S/C14H17N5O2/c20-14(12-10-21-7-5-15-12)17-9-11-2-4-16-13(8-11)19-6-1-3-18-19/h1-4,6,8,12,15H,5,7,9-10H2,(H,17,20). The summed E-state index contributed by atoms with van der Waals surface area (Å²) in [5.74, 6) is 0.679. The summed E-state index contributed by atoms with van der Waals surface area (Å²) in [5, 5.41) is 10.2. The first kappa shape index (κ1) is 13.7. The second kappa shape index (κ2) is 6.47. The smallest absolute Gasteiger partial charge is 0.239 e. The van der Waals surface area contributed by atoms with E-state index in [9.17, 15) is 4.79 Å². The third kappa shape index (κ3) is 3.45. The molecule has 3 heterocycles. The number of nitrogens with one attached hydrogen (secondary N) is 2. The van der Waals surface area contributed by atoms with E-state index in [0.29, 0.717) is 26.3 Å². The lowest BCUT2D eigenvalue weighted by atomic mass is 10.2. The molecular weight excluding hydrogens is 270 g/mol. The summed E-state index contributed by atoms with van der Waals surface area (Å²) in [6.45, 7) is 2.23.